The van der Waals surface area contributed by atoms with Gasteiger partial charge < -0.3 is 15.2 Å². The molecule has 118 valence electrons. The molecule has 0 unspecified atom stereocenters. The highest BCUT2D eigenvalue weighted by Gasteiger charge is 2.20. The quantitative estimate of drug-likeness (QED) is 0.768. The van der Waals surface area contributed by atoms with Gasteiger partial charge in [0.05, 0.1) is 18.6 Å². The van der Waals surface area contributed by atoms with Crippen LogP contribution in [0.4, 0.5) is 11.5 Å². The van der Waals surface area contributed by atoms with Crippen LogP contribution < -0.4 is 19.9 Å². The zero-order valence-electron chi connectivity index (χ0n) is 12.1. The summed E-state index contributed by atoms with van der Waals surface area (Å²) in [6.07, 6.45) is 1.18. The molecule has 9 heteroatoms. The third-order valence-electron chi connectivity index (χ3n) is 2.67. The second-order valence-electron chi connectivity index (χ2n) is 4.17. The molecule has 1 aromatic carbocycles. The third kappa shape index (κ3) is 3.37. The number of anilines is 2. The van der Waals surface area contributed by atoms with Gasteiger partial charge in [-0.15, -0.1) is 0 Å². The summed E-state index contributed by atoms with van der Waals surface area (Å²) in [6.45, 7) is 2.06. The molecule has 0 saturated carbocycles. The molecule has 0 aliphatic heterocycles. The van der Waals surface area contributed by atoms with Crippen molar-refractivity contribution in [1.29, 1.82) is 0 Å². The SMILES string of the molecule is CCOc1c(NS(=O)(=O)c2ccc(N)cc2)ncnc1OC. The monoisotopic (exact) mass is 324 g/mol. The predicted octanol–water partition coefficient (Wildman–Crippen LogP) is 1.27. The fourth-order valence-electron chi connectivity index (χ4n) is 1.68. The number of hydrogen-bond donors (Lipinski definition) is 2. The Morgan fingerprint density at radius 1 is 1.23 bits per heavy atom. The third-order valence-corrected chi connectivity index (χ3v) is 4.03. The van der Waals surface area contributed by atoms with Crippen LogP contribution in [0.2, 0.25) is 0 Å². The van der Waals surface area contributed by atoms with Gasteiger partial charge in [0, 0.05) is 5.69 Å². The van der Waals surface area contributed by atoms with Crippen molar-refractivity contribution in [3.05, 3.63) is 30.6 Å². The van der Waals surface area contributed by atoms with Gasteiger partial charge in [0.2, 0.25) is 5.75 Å². The molecular formula is C13H16N4O4S. The van der Waals surface area contributed by atoms with Crippen LogP contribution in [0.1, 0.15) is 6.92 Å². The lowest BCUT2D eigenvalue weighted by molar-refractivity contribution is 0.304. The number of aromatic nitrogens is 2. The van der Waals surface area contributed by atoms with Crippen molar-refractivity contribution in [2.24, 2.45) is 0 Å². The predicted molar refractivity (Wildman–Crippen MR) is 81.4 cm³/mol. The van der Waals surface area contributed by atoms with Crippen molar-refractivity contribution in [3.8, 4) is 11.6 Å². The summed E-state index contributed by atoms with van der Waals surface area (Å²) in [5.41, 5.74) is 6.02. The molecule has 8 nitrogen and oxygen atoms in total. The summed E-state index contributed by atoms with van der Waals surface area (Å²) in [7, 11) is -2.42. The van der Waals surface area contributed by atoms with Crippen LogP contribution in [0.3, 0.4) is 0 Å². The molecule has 0 aliphatic rings. The van der Waals surface area contributed by atoms with Gasteiger partial charge in [0.1, 0.15) is 6.33 Å². The molecule has 0 spiro atoms. The van der Waals surface area contributed by atoms with Crippen molar-refractivity contribution < 1.29 is 17.9 Å². The van der Waals surface area contributed by atoms with E-state index in [1.165, 1.54) is 37.7 Å². The summed E-state index contributed by atoms with van der Waals surface area (Å²) in [6, 6.07) is 5.80. The lowest BCUT2D eigenvalue weighted by Gasteiger charge is -2.13. The Bertz CT molecular complexity index is 747. The molecule has 0 fully saturated rings. The molecule has 0 atom stereocenters. The van der Waals surface area contributed by atoms with Crippen molar-refractivity contribution in [1.82, 2.24) is 9.97 Å². The van der Waals surface area contributed by atoms with E-state index in [4.69, 9.17) is 15.2 Å². The molecule has 1 aromatic heterocycles. The van der Waals surface area contributed by atoms with E-state index < -0.39 is 10.0 Å². The maximum absolute atomic E-state index is 12.4. The van der Waals surface area contributed by atoms with Crippen LogP contribution in [0, 0.1) is 0 Å². The van der Waals surface area contributed by atoms with Crippen molar-refractivity contribution in [3.63, 3.8) is 0 Å². The summed E-state index contributed by atoms with van der Waals surface area (Å²) in [5, 5.41) is 0. The van der Waals surface area contributed by atoms with Gasteiger partial charge in [-0.3, -0.25) is 4.72 Å². The summed E-state index contributed by atoms with van der Waals surface area (Å²) >= 11 is 0. The first-order chi connectivity index (χ1) is 10.5. The van der Waals surface area contributed by atoms with E-state index in [0.29, 0.717) is 12.3 Å². The Kier molecular flexibility index (Phi) is 4.66. The van der Waals surface area contributed by atoms with E-state index in [9.17, 15) is 8.42 Å². The first-order valence-electron chi connectivity index (χ1n) is 6.38. The minimum absolute atomic E-state index is 0.00512. The summed E-state index contributed by atoms with van der Waals surface area (Å²) < 4.78 is 37.5. The Morgan fingerprint density at radius 2 is 1.91 bits per heavy atom. The lowest BCUT2D eigenvalue weighted by atomic mass is 10.3. The van der Waals surface area contributed by atoms with E-state index in [-0.39, 0.29) is 22.3 Å². The Hall–Kier alpha value is -2.55. The molecule has 0 radical (unpaired) electrons. The fraction of sp³-hybridized carbons (Fsp3) is 0.231. The average molecular weight is 324 g/mol. The highest BCUT2D eigenvalue weighted by atomic mass is 32.2. The highest BCUT2D eigenvalue weighted by molar-refractivity contribution is 7.92. The van der Waals surface area contributed by atoms with Gasteiger partial charge >= 0.3 is 0 Å². The number of rotatable bonds is 6. The zero-order chi connectivity index (χ0) is 16.2. The Balaban J connectivity index is 2.39. The molecule has 0 bridgehead atoms. The van der Waals surface area contributed by atoms with Crippen LogP contribution >= 0.6 is 0 Å². The number of nitrogen functional groups attached to an aromatic ring is 1. The van der Waals surface area contributed by atoms with E-state index in [1.54, 1.807) is 6.92 Å². The second-order valence-corrected chi connectivity index (χ2v) is 5.85. The number of methoxy groups -OCH3 is 1. The fourth-order valence-corrected chi connectivity index (χ4v) is 2.70. The molecule has 22 heavy (non-hydrogen) atoms. The molecule has 2 rings (SSSR count). The lowest BCUT2D eigenvalue weighted by Crippen LogP contribution is -2.15. The van der Waals surface area contributed by atoms with Crippen LogP contribution in [0.15, 0.2) is 35.5 Å². The van der Waals surface area contributed by atoms with Crippen molar-refractivity contribution >= 4 is 21.5 Å². The number of hydrogen-bond acceptors (Lipinski definition) is 7. The topological polar surface area (TPSA) is 116 Å². The van der Waals surface area contributed by atoms with Gasteiger partial charge in [-0.1, -0.05) is 0 Å². The first kappa shape index (κ1) is 15.8. The van der Waals surface area contributed by atoms with Gasteiger partial charge in [-0.2, -0.15) is 4.98 Å². The second kappa shape index (κ2) is 6.48. The van der Waals surface area contributed by atoms with Crippen LogP contribution in [0.25, 0.3) is 0 Å². The highest BCUT2D eigenvalue weighted by Crippen LogP contribution is 2.32. The molecule has 2 aromatic rings. The minimum atomic E-state index is -3.83. The molecule has 0 saturated heterocycles. The molecule has 0 aliphatic carbocycles. The maximum Gasteiger partial charge on any atom is 0.263 e. The van der Waals surface area contributed by atoms with Gasteiger partial charge in [-0.05, 0) is 31.2 Å². The molecule has 1 heterocycles. The van der Waals surface area contributed by atoms with E-state index >= 15 is 0 Å². The Morgan fingerprint density at radius 3 is 2.50 bits per heavy atom. The van der Waals surface area contributed by atoms with Crippen LogP contribution in [0.5, 0.6) is 11.6 Å². The van der Waals surface area contributed by atoms with Crippen molar-refractivity contribution in [2.45, 2.75) is 11.8 Å². The smallest absolute Gasteiger partial charge is 0.263 e. The standard InChI is InChI=1S/C13H16N4O4S/c1-3-21-11-12(15-8-16-13(11)20-2)17-22(18,19)10-6-4-9(14)5-7-10/h4-8H,3,14H2,1-2H3,(H,15,16,17). The average Bonchev–Trinajstić information content (AvgIpc) is 2.49. The maximum atomic E-state index is 12.4. The normalized spacial score (nSPS) is 11.0. The number of nitrogens with zero attached hydrogens (tertiary/aromatic N) is 2. The van der Waals surface area contributed by atoms with Gasteiger partial charge in [-0.25, -0.2) is 13.4 Å². The van der Waals surface area contributed by atoms with Crippen LogP contribution in [-0.2, 0) is 10.0 Å². The van der Waals surface area contributed by atoms with Crippen LogP contribution in [-0.4, -0.2) is 32.1 Å². The summed E-state index contributed by atoms with van der Waals surface area (Å²) in [5.74, 6) is 0.281. The number of sulfonamides is 1. The number of nitrogens with one attached hydrogen (secondary N) is 1. The Labute approximate surface area is 128 Å². The number of nitrogens with two attached hydrogens (primary N) is 1. The van der Waals surface area contributed by atoms with Gasteiger partial charge in [0.15, 0.2) is 5.82 Å². The van der Waals surface area contributed by atoms with Gasteiger partial charge in [0.25, 0.3) is 15.9 Å². The number of ether oxygens (including phenoxy) is 2. The van der Waals surface area contributed by atoms with E-state index in [2.05, 4.69) is 14.7 Å². The molecule has 0 amide bonds. The molecular weight excluding hydrogens is 308 g/mol. The zero-order valence-corrected chi connectivity index (χ0v) is 12.9. The van der Waals surface area contributed by atoms with E-state index in [1.807, 2.05) is 0 Å². The summed E-state index contributed by atoms with van der Waals surface area (Å²) in [4.78, 5) is 7.84. The molecule has 3 N–H and O–H groups in total. The largest absolute Gasteiger partial charge is 0.486 e. The van der Waals surface area contributed by atoms with E-state index in [0.717, 1.165) is 0 Å². The van der Waals surface area contributed by atoms with Crippen molar-refractivity contribution in [2.75, 3.05) is 24.2 Å². The number of benzene rings is 1. The first-order valence-corrected chi connectivity index (χ1v) is 7.86. The minimum Gasteiger partial charge on any atom is -0.486 e.